The highest BCUT2D eigenvalue weighted by Gasteiger charge is 2.35. The van der Waals surface area contributed by atoms with Gasteiger partial charge in [0.15, 0.2) is 0 Å². The number of rotatable bonds is 5. The van der Waals surface area contributed by atoms with Gasteiger partial charge in [0.1, 0.15) is 6.10 Å². The molecular formula is C15H23BrN4O3S. The zero-order valence-electron chi connectivity index (χ0n) is 13.9. The minimum absolute atomic E-state index is 0.172. The van der Waals surface area contributed by atoms with Gasteiger partial charge < -0.3 is 10.1 Å². The Labute approximate surface area is 151 Å². The second kappa shape index (κ2) is 7.13. The number of sulfonamides is 1. The van der Waals surface area contributed by atoms with E-state index in [0.717, 1.165) is 18.8 Å². The van der Waals surface area contributed by atoms with Gasteiger partial charge in [-0.1, -0.05) is 6.92 Å². The first-order valence-corrected chi connectivity index (χ1v) is 10.9. The highest BCUT2D eigenvalue weighted by Crippen LogP contribution is 2.28. The van der Waals surface area contributed by atoms with E-state index >= 15 is 0 Å². The minimum Gasteiger partial charge on any atom is -0.471 e. The SMILES string of the molecule is CS(=O)(=O)N1CC(Oc2nc(N[C@H]3CC[C@@H](C)CC3)ncc2Br)C1. The van der Waals surface area contributed by atoms with Gasteiger partial charge in [0.25, 0.3) is 0 Å². The van der Waals surface area contributed by atoms with Crippen LogP contribution in [0.25, 0.3) is 0 Å². The Kier molecular flexibility index (Phi) is 5.31. The van der Waals surface area contributed by atoms with E-state index < -0.39 is 10.0 Å². The molecule has 0 aromatic carbocycles. The molecule has 1 N–H and O–H groups in total. The first-order valence-electron chi connectivity index (χ1n) is 8.22. The molecule has 3 rings (SSSR count). The van der Waals surface area contributed by atoms with Crippen molar-refractivity contribution < 1.29 is 13.2 Å². The summed E-state index contributed by atoms with van der Waals surface area (Å²) < 4.78 is 30.7. The zero-order chi connectivity index (χ0) is 17.3. The smallest absolute Gasteiger partial charge is 0.233 e. The van der Waals surface area contributed by atoms with Gasteiger partial charge in [-0.15, -0.1) is 0 Å². The lowest BCUT2D eigenvalue weighted by Crippen LogP contribution is -2.55. The molecule has 0 spiro atoms. The summed E-state index contributed by atoms with van der Waals surface area (Å²) in [5.74, 6) is 1.81. The van der Waals surface area contributed by atoms with Gasteiger partial charge in [-0.25, -0.2) is 13.4 Å². The molecule has 2 heterocycles. The number of nitrogens with one attached hydrogen (secondary N) is 1. The molecule has 2 aliphatic rings. The summed E-state index contributed by atoms with van der Waals surface area (Å²) in [6.45, 7) is 3.01. The number of halogens is 1. The number of hydrogen-bond donors (Lipinski definition) is 1. The lowest BCUT2D eigenvalue weighted by Gasteiger charge is -2.36. The summed E-state index contributed by atoms with van der Waals surface area (Å²) in [7, 11) is -3.14. The van der Waals surface area contributed by atoms with Gasteiger partial charge in [0.2, 0.25) is 21.9 Å². The third-order valence-corrected chi connectivity index (χ3v) is 6.40. The van der Waals surface area contributed by atoms with Crippen molar-refractivity contribution >= 4 is 31.9 Å². The Hall–Kier alpha value is -0.930. The van der Waals surface area contributed by atoms with Crippen molar-refractivity contribution in [1.82, 2.24) is 14.3 Å². The van der Waals surface area contributed by atoms with E-state index in [2.05, 4.69) is 38.1 Å². The standard InChI is InChI=1S/C15H23BrN4O3S/c1-10-3-5-11(6-4-10)18-15-17-7-13(16)14(19-15)23-12-8-20(9-12)24(2,21)22/h7,10-12H,3-6,8-9H2,1-2H3,(H,17,18,19)/t10-,11+. The highest BCUT2D eigenvalue weighted by atomic mass is 79.9. The van der Waals surface area contributed by atoms with E-state index in [0.29, 0.717) is 35.4 Å². The monoisotopic (exact) mass is 418 g/mol. The lowest BCUT2D eigenvalue weighted by molar-refractivity contribution is 0.0718. The Balaban J connectivity index is 1.58. The van der Waals surface area contributed by atoms with Crippen molar-refractivity contribution in [3.8, 4) is 5.88 Å². The van der Waals surface area contributed by atoms with E-state index in [4.69, 9.17) is 4.74 Å². The van der Waals surface area contributed by atoms with Gasteiger partial charge in [-0.05, 0) is 47.5 Å². The summed E-state index contributed by atoms with van der Waals surface area (Å²) in [4.78, 5) is 8.74. The number of nitrogens with zero attached hydrogens (tertiary/aromatic N) is 3. The molecule has 9 heteroatoms. The Morgan fingerprint density at radius 3 is 2.58 bits per heavy atom. The molecule has 134 valence electrons. The molecular weight excluding hydrogens is 396 g/mol. The van der Waals surface area contributed by atoms with Crippen LogP contribution in [0.2, 0.25) is 0 Å². The van der Waals surface area contributed by atoms with E-state index in [1.165, 1.54) is 23.4 Å². The van der Waals surface area contributed by atoms with Crippen LogP contribution in [0.1, 0.15) is 32.6 Å². The van der Waals surface area contributed by atoms with Crippen molar-refractivity contribution in [3.63, 3.8) is 0 Å². The molecule has 0 bridgehead atoms. The van der Waals surface area contributed by atoms with Gasteiger partial charge >= 0.3 is 0 Å². The molecule has 7 nitrogen and oxygen atoms in total. The quantitative estimate of drug-likeness (QED) is 0.788. The van der Waals surface area contributed by atoms with Crippen LogP contribution in [-0.4, -0.2) is 54.2 Å². The van der Waals surface area contributed by atoms with Crippen LogP contribution in [0.3, 0.4) is 0 Å². The first-order chi connectivity index (χ1) is 11.3. The first kappa shape index (κ1) is 17.9. The molecule has 2 fully saturated rings. The van der Waals surface area contributed by atoms with Gasteiger partial charge in [0, 0.05) is 6.04 Å². The highest BCUT2D eigenvalue weighted by molar-refractivity contribution is 9.10. The summed E-state index contributed by atoms with van der Waals surface area (Å²) in [6.07, 6.45) is 7.40. The molecule has 1 aromatic heterocycles. The summed E-state index contributed by atoms with van der Waals surface area (Å²) >= 11 is 3.39. The third kappa shape index (κ3) is 4.37. The Morgan fingerprint density at radius 1 is 1.29 bits per heavy atom. The average Bonchev–Trinajstić information content (AvgIpc) is 2.46. The van der Waals surface area contributed by atoms with Crippen molar-refractivity contribution in [3.05, 3.63) is 10.7 Å². The van der Waals surface area contributed by atoms with Crippen LogP contribution >= 0.6 is 15.9 Å². The molecule has 1 saturated carbocycles. The summed E-state index contributed by atoms with van der Waals surface area (Å²) in [5.41, 5.74) is 0. The lowest BCUT2D eigenvalue weighted by atomic mass is 9.87. The molecule has 0 amide bonds. The van der Waals surface area contributed by atoms with Gasteiger partial charge in [0.05, 0.1) is 30.0 Å². The fourth-order valence-electron chi connectivity index (χ4n) is 2.99. The number of ether oxygens (including phenoxy) is 1. The van der Waals surface area contributed by atoms with Crippen LogP contribution in [0.4, 0.5) is 5.95 Å². The van der Waals surface area contributed by atoms with E-state index in [1.807, 2.05) is 0 Å². The molecule has 0 atom stereocenters. The molecule has 0 unspecified atom stereocenters. The minimum atomic E-state index is -3.14. The maximum absolute atomic E-state index is 11.4. The molecule has 1 aromatic rings. The van der Waals surface area contributed by atoms with Gasteiger partial charge in [-0.3, -0.25) is 0 Å². The molecule has 24 heavy (non-hydrogen) atoms. The fraction of sp³-hybridized carbons (Fsp3) is 0.733. The van der Waals surface area contributed by atoms with E-state index in [9.17, 15) is 8.42 Å². The van der Waals surface area contributed by atoms with Crippen LogP contribution in [0.15, 0.2) is 10.7 Å². The number of hydrogen-bond acceptors (Lipinski definition) is 6. The maximum atomic E-state index is 11.4. The van der Waals surface area contributed by atoms with E-state index in [-0.39, 0.29) is 6.10 Å². The van der Waals surface area contributed by atoms with Crippen molar-refractivity contribution in [1.29, 1.82) is 0 Å². The van der Waals surface area contributed by atoms with Crippen LogP contribution < -0.4 is 10.1 Å². The fourth-order valence-corrected chi connectivity index (χ4v) is 4.15. The topological polar surface area (TPSA) is 84.4 Å². The van der Waals surface area contributed by atoms with Crippen LogP contribution in [0.5, 0.6) is 5.88 Å². The number of aromatic nitrogens is 2. The molecule has 1 aliphatic heterocycles. The number of anilines is 1. The predicted molar refractivity (Wildman–Crippen MR) is 95.6 cm³/mol. The normalized spacial score (nSPS) is 26.0. The average molecular weight is 419 g/mol. The van der Waals surface area contributed by atoms with Crippen molar-refractivity contribution in [2.24, 2.45) is 5.92 Å². The molecule has 1 aliphatic carbocycles. The van der Waals surface area contributed by atoms with Gasteiger partial charge in [-0.2, -0.15) is 9.29 Å². The Morgan fingerprint density at radius 2 is 1.96 bits per heavy atom. The van der Waals surface area contributed by atoms with Crippen LogP contribution in [-0.2, 0) is 10.0 Å². The zero-order valence-corrected chi connectivity index (χ0v) is 16.3. The second-order valence-electron chi connectivity index (χ2n) is 6.77. The maximum Gasteiger partial charge on any atom is 0.233 e. The third-order valence-electron chi connectivity index (χ3n) is 4.62. The molecule has 1 saturated heterocycles. The van der Waals surface area contributed by atoms with E-state index in [1.54, 1.807) is 6.20 Å². The summed E-state index contributed by atoms with van der Waals surface area (Å²) in [5, 5.41) is 3.38. The summed E-state index contributed by atoms with van der Waals surface area (Å²) in [6, 6.07) is 0.402. The van der Waals surface area contributed by atoms with Crippen molar-refractivity contribution in [2.75, 3.05) is 24.7 Å². The van der Waals surface area contributed by atoms with Crippen LogP contribution in [0, 0.1) is 5.92 Å². The second-order valence-corrected chi connectivity index (χ2v) is 9.60. The molecule has 0 radical (unpaired) electrons. The van der Waals surface area contributed by atoms with Crippen molar-refractivity contribution in [2.45, 2.75) is 44.8 Å². The predicted octanol–water partition coefficient (Wildman–Crippen LogP) is 2.25. The largest absolute Gasteiger partial charge is 0.471 e. The Bertz CT molecular complexity index is 686.